The molecule has 1 aliphatic heterocycles. The zero-order valence-corrected chi connectivity index (χ0v) is 11.5. The SMILES string of the molecule is Cn1cnc2c(NCC(=O)N3CCNCC3)nccc21. The Morgan fingerprint density at radius 2 is 2.20 bits per heavy atom. The first kappa shape index (κ1) is 12.9. The van der Waals surface area contributed by atoms with E-state index in [1.807, 2.05) is 22.6 Å². The molecular weight excluding hydrogens is 256 g/mol. The van der Waals surface area contributed by atoms with Crippen LogP contribution in [0.5, 0.6) is 0 Å². The molecule has 2 aromatic rings. The molecule has 20 heavy (non-hydrogen) atoms. The summed E-state index contributed by atoms with van der Waals surface area (Å²) in [4.78, 5) is 22.5. The Bertz CT molecular complexity index is 616. The van der Waals surface area contributed by atoms with Gasteiger partial charge in [-0.1, -0.05) is 0 Å². The molecule has 1 fully saturated rings. The third-order valence-electron chi connectivity index (χ3n) is 3.52. The molecule has 3 heterocycles. The molecule has 2 aromatic heterocycles. The van der Waals surface area contributed by atoms with Gasteiger partial charge in [-0.05, 0) is 6.07 Å². The normalized spacial score (nSPS) is 15.6. The number of carbonyl (C=O) groups is 1. The highest BCUT2D eigenvalue weighted by Crippen LogP contribution is 2.18. The predicted octanol–water partition coefficient (Wildman–Crippen LogP) is -0.188. The zero-order valence-electron chi connectivity index (χ0n) is 11.5. The third-order valence-corrected chi connectivity index (χ3v) is 3.52. The van der Waals surface area contributed by atoms with Crippen molar-refractivity contribution in [1.29, 1.82) is 0 Å². The highest BCUT2D eigenvalue weighted by molar-refractivity contribution is 5.88. The van der Waals surface area contributed by atoms with Gasteiger partial charge in [-0.3, -0.25) is 4.79 Å². The summed E-state index contributed by atoms with van der Waals surface area (Å²) in [6.45, 7) is 3.51. The molecule has 0 radical (unpaired) electrons. The summed E-state index contributed by atoms with van der Waals surface area (Å²) < 4.78 is 1.93. The minimum atomic E-state index is 0.0984. The maximum atomic E-state index is 12.1. The standard InChI is InChI=1S/C13H18N6O/c1-18-9-17-12-10(18)2-3-15-13(12)16-8-11(20)19-6-4-14-5-7-19/h2-3,9,14H,4-8H2,1H3,(H,15,16). The van der Waals surface area contributed by atoms with Crippen LogP contribution in [0, 0.1) is 0 Å². The monoisotopic (exact) mass is 274 g/mol. The Hall–Kier alpha value is -2.15. The lowest BCUT2D eigenvalue weighted by Gasteiger charge is -2.27. The number of anilines is 1. The topological polar surface area (TPSA) is 75.1 Å². The van der Waals surface area contributed by atoms with Gasteiger partial charge in [-0.15, -0.1) is 0 Å². The van der Waals surface area contributed by atoms with Crippen LogP contribution in [0.2, 0.25) is 0 Å². The highest BCUT2D eigenvalue weighted by Gasteiger charge is 2.16. The van der Waals surface area contributed by atoms with E-state index in [9.17, 15) is 4.79 Å². The van der Waals surface area contributed by atoms with Crippen LogP contribution in [0.1, 0.15) is 0 Å². The Kier molecular flexibility index (Phi) is 3.51. The maximum Gasteiger partial charge on any atom is 0.242 e. The second-order valence-corrected chi connectivity index (χ2v) is 4.87. The number of aryl methyl sites for hydroxylation is 1. The second kappa shape index (κ2) is 5.46. The zero-order chi connectivity index (χ0) is 13.9. The molecule has 7 heteroatoms. The van der Waals surface area contributed by atoms with Crippen molar-refractivity contribution in [3.8, 4) is 0 Å². The van der Waals surface area contributed by atoms with Crippen LogP contribution in [0.3, 0.4) is 0 Å². The average molecular weight is 274 g/mol. The number of imidazole rings is 1. The number of pyridine rings is 1. The van der Waals surface area contributed by atoms with Gasteiger partial charge in [0.05, 0.1) is 18.4 Å². The molecule has 0 aliphatic carbocycles. The van der Waals surface area contributed by atoms with E-state index in [1.165, 1.54) is 0 Å². The largest absolute Gasteiger partial charge is 0.359 e. The van der Waals surface area contributed by atoms with Crippen LogP contribution in [-0.2, 0) is 11.8 Å². The molecule has 0 saturated carbocycles. The van der Waals surface area contributed by atoms with Crippen molar-refractivity contribution in [2.75, 3.05) is 38.0 Å². The molecule has 0 atom stereocenters. The Labute approximate surface area is 117 Å². The van der Waals surface area contributed by atoms with Crippen LogP contribution in [0.25, 0.3) is 11.0 Å². The van der Waals surface area contributed by atoms with Crippen molar-refractivity contribution >= 4 is 22.8 Å². The summed E-state index contributed by atoms with van der Waals surface area (Å²) in [5.74, 6) is 0.757. The fraction of sp³-hybridized carbons (Fsp3) is 0.462. The van der Waals surface area contributed by atoms with Crippen molar-refractivity contribution in [2.24, 2.45) is 7.05 Å². The summed E-state index contributed by atoms with van der Waals surface area (Å²) in [6, 6.07) is 1.91. The van der Waals surface area contributed by atoms with E-state index < -0.39 is 0 Å². The molecule has 2 N–H and O–H groups in total. The molecule has 7 nitrogen and oxygen atoms in total. The maximum absolute atomic E-state index is 12.1. The summed E-state index contributed by atoms with van der Waals surface area (Å²) in [5.41, 5.74) is 1.79. The third kappa shape index (κ3) is 2.44. The Morgan fingerprint density at radius 3 is 3.00 bits per heavy atom. The van der Waals surface area contributed by atoms with Gasteiger partial charge < -0.3 is 20.1 Å². The molecule has 106 valence electrons. The van der Waals surface area contributed by atoms with Crippen LogP contribution in [0.15, 0.2) is 18.6 Å². The van der Waals surface area contributed by atoms with Gasteiger partial charge in [0, 0.05) is 39.4 Å². The van der Waals surface area contributed by atoms with Gasteiger partial charge in [0.2, 0.25) is 5.91 Å². The van der Waals surface area contributed by atoms with Crippen LogP contribution >= 0.6 is 0 Å². The van der Waals surface area contributed by atoms with Gasteiger partial charge >= 0.3 is 0 Å². The van der Waals surface area contributed by atoms with Crippen molar-refractivity contribution in [3.05, 3.63) is 18.6 Å². The number of piperazine rings is 1. The van der Waals surface area contributed by atoms with Crippen molar-refractivity contribution < 1.29 is 4.79 Å². The molecule has 0 aromatic carbocycles. The minimum absolute atomic E-state index is 0.0984. The summed E-state index contributed by atoms with van der Waals surface area (Å²) in [7, 11) is 1.94. The molecular formula is C13H18N6O. The van der Waals surface area contributed by atoms with Gasteiger partial charge in [-0.25, -0.2) is 9.97 Å². The quantitative estimate of drug-likeness (QED) is 0.811. The van der Waals surface area contributed by atoms with Crippen molar-refractivity contribution in [1.82, 2.24) is 24.8 Å². The lowest BCUT2D eigenvalue weighted by Crippen LogP contribution is -2.48. The van der Waals surface area contributed by atoms with E-state index in [1.54, 1.807) is 12.5 Å². The molecule has 1 aliphatic rings. The van der Waals surface area contributed by atoms with Crippen molar-refractivity contribution in [2.45, 2.75) is 0 Å². The number of hydrogen-bond acceptors (Lipinski definition) is 5. The number of rotatable bonds is 3. The van der Waals surface area contributed by atoms with E-state index in [0.717, 1.165) is 37.2 Å². The lowest BCUT2D eigenvalue weighted by atomic mass is 10.3. The van der Waals surface area contributed by atoms with Crippen molar-refractivity contribution in [3.63, 3.8) is 0 Å². The first-order valence-electron chi connectivity index (χ1n) is 6.74. The highest BCUT2D eigenvalue weighted by atomic mass is 16.2. The van der Waals surface area contributed by atoms with E-state index in [2.05, 4.69) is 20.6 Å². The lowest BCUT2D eigenvalue weighted by molar-refractivity contribution is -0.129. The second-order valence-electron chi connectivity index (χ2n) is 4.87. The number of fused-ring (bicyclic) bond motifs is 1. The minimum Gasteiger partial charge on any atom is -0.359 e. The number of aromatic nitrogens is 3. The summed E-state index contributed by atoms with van der Waals surface area (Å²) in [6.07, 6.45) is 3.47. The molecule has 1 amide bonds. The number of nitrogens with one attached hydrogen (secondary N) is 2. The average Bonchev–Trinajstić information content (AvgIpc) is 2.88. The van der Waals surface area contributed by atoms with Crippen LogP contribution < -0.4 is 10.6 Å². The first-order valence-corrected chi connectivity index (χ1v) is 6.74. The van der Waals surface area contributed by atoms with E-state index in [-0.39, 0.29) is 12.5 Å². The molecule has 0 spiro atoms. The summed E-state index contributed by atoms with van der Waals surface area (Å²) >= 11 is 0. The fourth-order valence-corrected chi connectivity index (χ4v) is 2.38. The van der Waals surface area contributed by atoms with E-state index in [0.29, 0.717) is 5.82 Å². The Balaban J connectivity index is 1.69. The number of carbonyl (C=O) groups excluding carboxylic acids is 1. The number of hydrogen-bond donors (Lipinski definition) is 2. The molecule has 1 saturated heterocycles. The Morgan fingerprint density at radius 1 is 1.40 bits per heavy atom. The van der Waals surface area contributed by atoms with Crippen LogP contribution in [0.4, 0.5) is 5.82 Å². The van der Waals surface area contributed by atoms with Gasteiger partial charge in [0.1, 0.15) is 5.52 Å². The first-order chi connectivity index (χ1) is 9.75. The number of nitrogens with zero attached hydrogens (tertiary/aromatic N) is 4. The van der Waals surface area contributed by atoms with Gasteiger partial charge in [0.25, 0.3) is 0 Å². The molecule has 0 unspecified atom stereocenters. The van der Waals surface area contributed by atoms with E-state index >= 15 is 0 Å². The number of amides is 1. The van der Waals surface area contributed by atoms with Gasteiger partial charge in [-0.2, -0.15) is 0 Å². The van der Waals surface area contributed by atoms with E-state index in [4.69, 9.17) is 0 Å². The summed E-state index contributed by atoms with van der Waals surface area (Å²) in [5, 5.41) is 6.33. The fourth-order valence-electron chi connectivity index (χ4n) is 2.38. The molecule has 3 rings (SSSR count). The molecule has 0 bridgehead atoms. The van der Waals surface area contributed by atoms with Gasteiger partial charge in [0.15, 0.2) is 5.82 Å². The smallest absolute Gasteiger partial charge is 0.242 e. The predicted molar refractivity (Wildman–Crippen MR) is 76.4 cm³/mol. The van der Waals surface area contributed by atoms with Crippen LogP contribution in [-0.4, -0.2) is 58.1 Å².